The van der Waals surface area contributed by atoms with Crippen LogP contribution in [0.2, 0.25) is 0 Å². The maximum Gasteiger partial charge on any atom is 0.0283 e. The van der Waals surface area contributed by atoms with Gasteiger partial charge in [-0.2, -0.15) is 0 Å². The van der Waals surface area contributed by atoms with E-state index in [0.29, 0.717) is 12.0 Å². The number of likely N-dealkylation sites (N-methyl/N-ethyl adjacent to an activating group) is 1. The maximum atomic E-state index is 6.32. The molecular formula is C12H26N2. The second-order valence-corrected chi connectivity index (χ2v) is 5.68. The lowest BCUT2D eigenvalue weighted by Crippen LogP contribution is -2.51. The Hall–Kier alpha value is -0.0800. The summed E-state index contributed by atoms with van der Waals surface area (Å²) in [5.74, 6) is 1.47. The molecule has 1 saturated carbocycles. The van der Waals surface area contributed by atoms with Crippen LogP contribution in [-0.2, 0) is 0 Å². The van der Waals surface area contributed by atoms with Crippen LogP contribution in [0.4, 0.5) is 0 Å². The highest BCUT2D eigenvalue weighted by atomic mass is 15.2. The van der Waals surface area contributed by atoms with E-state index in [0.717, 1.165) is 12.5 Å². The van der Waals surface area contributed by atoms with Crippen molar-refractivity contribution in [2.45, 2.75) is 52.1 Å². The lowest BCUT2D eigenvalue weighted by Gasteiger charge is -2.35. The molecular weight excluding hydrogens is 172 g/mol. The summed E-state index contributed by atoms with van der Waals surface area (Å²) in [5, 5.41) is 0. The average Bonchev–Trinajstić information content (AvgIpc) is 2.83. The molecule has 0 saturated heterocycles. The normalized spacial score (nSPS) is 24.0. The van der Waals surface area contributed by atoms with E-state index in [-0.39, 0.29) is 5.54 Å². The standard InChI is InChI=1S/C12H26N2/c1-9(2)10(3)14(5)8-12(4,13)11-6-7-11/h9-11H,6-8,13H2,1-5H3. The molecule has 2 atom stereocenters. The van der Waals surface area contributed by atoms with E-state index in [1.54, 1.807) is 0 Å². The van der Waals surface area contributed by atoms with Gasteiger partial charge < -0.3 is 10.6 Å². The molecule has 0 bridgehead atoms. The van der Waals surface area contributed by atoms with Crippen molar-refractivity contribution in [2.24, 2.45) is 17.6 Å². The zero-order valence-electron chi connectivity index (χ0n) is 10.4. The third-order valence-corrected chi connectivity index (χ3v) is 3.76. The molecule has 0 aromatic carbocycles. The van der Waals surface area contributed by atoms with Crippen molar-refractivity contribution in [1.29, 1.82) is 0 Å². The van der Waals surface area contributed by atoms with Crippen molar-refractivity contribution >= 4 is 0 Å². The number of rotatable bonds is 5. The first kappa shape index (κ1) is 12.0. The van der Waals surface area contributed by atoms with E-state index >= 15 is 0 Å². The van der Waals surface area contributed by atoms with Gasteiger partial charge in [0.1, 0.15) is 0 Å². The molecule has 0 aromatic heterocycles. The van der Waals surface area contributed by atoms with Crippen LogP contribution >= 0.6 is 0 Å². The predicted molar refractivity (Wildman–Crippen MR) is 62.2 cm³/mol. The van der Waals surface area contributed by atoms with Crippen molar-refractivity contribution < 1.29 is 0 Å². The highest BCUT2D eigenvalue weighted by Gasteiger charge is 2.39. The van der Waals surface area contributed by atoms with Crippen molar-refractivity contribution in [1.82, 2.24) is 4.90 Å². The zero-order chi connectivity index (χ0) is 10.9. The van der Waals surface area contributed by atoms with Crippen LogP contribution in [0.1, 0.15) is 40.5 Å². The van der Waals surface area contributed by atoms with E-state index in [2.05, 4.69) is 39.6 Å². The molecule has 2 unspecified atom stereocenters. The van der Waals surface area contributed by atoms with Crippen molar-refractivity contribution in [3.8, 4) is 0 Å². The molecule has 1 aliphatic carbocycles. The summed E-state index contributed by atoms with van der Waals surface area (Å²) in [6.07, 6.45) is 2.66. The molecule has 1 fully saturated rings. The van der Waals surface area contributed by atoms with Crippen LogP contribution in [0.15, 0.2) is 0 Å². The number of hydrogen-bond donors (Lipinski definition) is 1. The topological polar surface area (TPSA) is 29.3 Å². The Bertz CT molecular complexity index is 183. The van der Waals surface area contributed by atoms with Gasteiger partial charge in [0.2, 0.25) is 0 Å². The summed E-state index contributed by atoms with van der Waals surface area (Å²) in [7, 11) is 2.19. The Morgan fingerprint density at radius 3 is 2.21 bits per heavy atom. The Morgan fingerprint density at radius 2 is 1.86 bits per heavy atom. The van der Waals surface area contributed by atoms with E-state index in [4.69, 9.17) is 5.73 Å². The highest BCUT2D eigenvalue weighted by Crippen LogP contribution is 2.38. The number of nitrogens with zero attached hydrogens (tertiary/aromatic N) is 1. The third kappa shape index (κ3) is 2.96. The minimum absolute atomic E-state index is 0.0257. The van der Waals surface area contributed by atoms with Crippen molar-refractivity contribution in [2.75, 3.05) is 13.6 Å². The van der Waals surface area contributed by atoms with Gasteiger partial charge in [-0.25, -0.2) is 0 Å². The summed E-state index contributed by atoms with van der Waals surface area (Å²) < 4.78 is 0. The molecule has 2 heteroatoms. The average molecular weight is 198 g/mol. The molecule has 84 valence electrons. The smallest absolute Gasteiger partial charge is 0.0283 e. The van der Waals surface area contributed by atoms with Crippen molar-refractivity contribution in [3.63, 3.8) is 0 Å². The van der Waals surface area contributed by atoms with Crippen LogP contribution in [-0.4, -0.2) is 30.1 Å². The maximum absolute atomic E-state index is 6.32. The molecule has 0 spiro atoms. The lowest BCUT2D eigenvalue weighted by atomic mass is 9.95. The molecule has 0 aromatic rings. The predicted octanol–water partition coefficient (Wildman–Crippen LogP) is 2.09. The minimum Gasteiger partial charge on any atom is -0.324 e. The molecule has 14 heavy (non-hydrogen) atoms. The summed E-state index contributed by atoms with van der Waals surface area (Å²) in [6, 6.07) is 0.622. The van der Waals surface area contributed by atoms with Gasteiger partial charge in [-0.05, 0) is 45.6 Å². The van der Waals surface area contributed by atoms with Crippen LogP contribution < -0.4 is 5.73 Å². The summed E-state index contributed by atoms with van der Waals surface area (Å²) in [6.45, 7) is 10.1. The number of nitrogens with two attached hydrogens (primary N) is 1. The van der Waals surface area contributed by atoms with E-state index in [1.165, 1.54) is 12.8 Å². The van der Waals surface area contributed by atoms with Crippen LogP contribution in [0, 0.1) is 11.8 Å². The first-order valence-electron chi connectivity index (χ1n) is 5.83. The monoisotopic (exact) mass is 198 g/mol. The minimum atomic E-state index is 0.0257. The van der Waals surface area contributed by atoms with E-state index in [9.17, 15) is 0 Å². The van der Waals surface area contributed by atoms with Gasteiger partial charge >= 0.3 is 0 Å². The van der Waals surface area contributed by atoms with E-state index in [1.807, 2.05) is 0 Å². The van der Waals surface area contributed by atoms with Crippen LogP contribution in [0.3, 0.4) is 0 Å². The van der Waals surface area contributed by atoms with Gasteiger partial charge in [0.25, 0.3) is 0 Å². The summed E-state index contributed by atoms with van der Waals surface area (Å²) >= 11 is 0. The van der Waals surface area contributed by atoms with Gasteiger partial charge in [-0.1, -0.05) is 13.8 Å². The fourth-order valence-electron chi connectivity index (χ4n) is 2.06. The highest BCUT2D eigenvalue weighted by molar-refractivity contribution is 4.97. The summed E-state index contributed by atoms with van der Waals surface area (Å²) in [5.41, 5.74) is 6.34. The molecule has 2 nitrogen and oxygen atoms in total. The molecule has 0 amide bonds. The van der Waals surface area contributed by atoms with Gasteiger partial charge in [0.15, 0.2) is 0 Å². The quantitative estimate of drug-likeness (QED) is 0.733. The molecule has 1 aliphatic rings. The molecule has 0 heterocycles. The number of hydrogen-bond acceptors (Lipinski definition) is 2. The molecule has 1 rings (SSSR count). The second-order valence-electron chi connectivity index (χ2n) is 5.68. The fourth-order valence-corrected chi connectivity index (χ4v) is 2.06. The Morgan fingerprint density at radius 1 is 1.36 bits per heavy atom. The molecule has 0 radical (unpaired) electrons. The van der Waals surface area contributed by atoms with Gasteiger partial charge in [-0.3, -0.25) is 0 Å². The largest absolute Gasteiger partial charge is 0.324 e. The van der Waals surface area contributed by atoms with E-state index < -0.39 is 0 Å². The van der Waals surface area contributed by atoms with Gasteiger partial charge in [-0.15, -0.1) is 0 Å². The van der Waals surface area contributed by atoms with Gasteiger partial charge in [0, 0.05) is 18.1 Å². The Labute approximate surface area is 88.8 Å². The van der Waals surface area contributed by atoms with Crippen LogP contribution in [0.5, 0.6) is 0 Å². The first-order chi connectivity index (χ1) is 6.34. The lowest BCUT2D eigenvalue weighted by molar-refractivity contribution is 0.160. The Balaban J connectivity index is 2.42. The zero-order valence-corrected chi connectivity index (χ0v) is 10.4. The second kappa shape index (κ2) is 4.19. The summed E-state index contributed by atoms with van der Waals surface area (Å²) in [4.78, 5) is 2.41. The van der Waals surface area contributed by atoms with Gasteiger partial charge in [0.05, 0.1) is 0 Å². The molecule has 0 aliphatic heterocycles. The molecule has 2 N–H and O–H groups in total. The third-order valence-electron chi connectivity index (χ3n) is 3.76. The Kier molecular flexibility index (Phi) is 3.59. The fraction of sp³-hybridized carbons (Fsp3) is 1.00. The van der Waals surface area contributed by atoms with Crippen LogP contribution in [0.25, 0.3) is 0 Å². The SMILES string of the molecule is CC(C)C(C)N(C)CC(C)(N)C1CC1. The first-order valence-corrected chi connectivity index (χ1v) is 5.83. The van der Waals surface area contributed by atoms with Crippen molar-refractivity contribution in [3.05, 3.63) is 0 Å².